The number of benzene rings is 1. The molecule has 1 atom stereocenters. The summed E-state index contributed by atoms with van der Waals surface area (Å²) in [6.07, 6.45) is 2.46. The van der Waals surface area contributed by atoms with Gasteiger partial charge < -0.3 is 9.80 Å². The highest BCUT2D eigenvalue weighted by atomic mass is 16.2. The molecule has 2 aliphatic heterocycles. The lowest BCUT2D eigenvalue weighted by molar-refractivity contribution is -0.129. The van der Waals surface area contributed by atoms with Gasteiger partial charge in [0, 0.05) is 63.5 Å². The third kappa shape index (κ3) is 3.88. The first-order valence-electron chi connectivity index (χ1n) is 10.5. The van der Waals surface area contributed by atoms with Gasteiger partial charge in [-0.1, -0.05) is 12.1 Å². The van der Waals surface area contributed by atoms with Crippen LogP contribution >= 0.6 is 0 Å². The van der Waals surface area contributed by atoms with Gasteiger partial charge in [-0.05, 0) is 37.5 Å². The van der Waals surface area contributed by atoms with Gasteiger partial charge in [-0.2, -0.15) is 0 Å². The minimum atomic E-state index is 0.0926. The molecule has 0 unspecified atom stereocenters. The molecule has 1 aromatic heterocycles. The number of nitrogens with zero attached hydrogens (tertiary/aromatic N) is 5. The summed E-state index contributed by atoms with van der Waals surface area (Å²) in [5.74, 6) is 1.82. The number of fused-ring (bicyclic) bond motifs is 1. The maximum Gasteiger partial charge on any atom is 0.228 e. The van der Waals surface area contributed by atoms with Crippen LogP contribution in [0.15, 0.2) is 24.3 Å². The highest BCUT2D eigenvalue weighted by Crippen LogP contribution is 2.31. The molecule has 4 rings (SSSR count). The summed E-state index contributed by atoms with van der Waals surface area (Å²) in [6, 6.07) is 8.11. The summed E-state index contributed by atoms with van der Waals surface area (Å²) in [4.78, 5) is 40.0. The lowest BCUT2D eigenvalue weighted by Gasteiger charge is -2.26. The van der Waals surface area contributed by atoms with Crippen LogP contribution in [0.3, 0.4) is 0 Å². The SMILES string of the molecule is Cc1nc([C@H]2CCN(C(=O)Cc3ccc(N(C)C)cc3)C2)nc2c1CCC(=O)N2C. The lowest BCUT2D eigenvalue weighted by Crippen LogP contribution is -2.33. The minimum absolute atomic E-state index is 0.0926. The van der Waals surface area contributed by atoms with E-state index in [0.29, 0.717) is 32.4 Å². The molecular weight excluding hydrogens is 378 g/mol. The maximum atomic E-state index is 12.8. The molecule has 0 saturated carbocycles. The van der Waals surface area contributed by atoms with Crippen molar-refractivity contribution in [3.8, 4) is 0 Å². The summed E-state index contributed by atoms with van der Waals surface area (Å²) in [5.41, 5.74) is 4.15. The van der Waals surface area contributed by atoms with Gasteiger partial charge in [-0.25, -0.2) is 9.97 Å². The molecule has 0 spiro atoms. The van der Waals surface area contributed by atoms with Crippen LogP contribution in [0.2, 0.25) is 0 Å². The molecule has 1 saturated heterocycles. The Balaban J connectivity index is 1.45. The minimum Gasteiger partial charge on any atom is -0.378 e. The summed E-state index contributed by atoms with van der Waals surface area (Å²) in [6.45, 7) is 3.33. The first kappa shape index (κ1) is 20.3. The molecule has 2 aliphatic rings. The fourth-order valence-corrected chi connectivity index (χ4v) is 4.27. The monoisotopic (exact) mass is 407 g/mol. The Bertz CT molecular complexity index is 970. The number of carbonyl (C=O) groups excluding carboxylic acids is 2. The van der Waals surface area contributed by atoms with E-state index in [1.807, 2.05) is 55.1 Å². The first-order chi connectivity index (χ1) is 14.3. The standard InChI is InChI=1S/C23H29N5O2/c1-15-19-9-10-20(29)27(4)23(19)25-22(24-15)17-11-12-28(14-17)21(30)13-16-5-7-18(8-6-16)26(2)3/h5-8,17H,9-14H2,1-4H3/t17-/m0/s1. The number of hydrogen-bond donors (Lipinski definition) is 0. The average molecular weight is 408 g/mol. The predicted molar refractivity (Wildman–Crippen MR) is 117 cm³/mol. The Kier molecular flexibility index (Phi) is 5.45. The Morgan fingerprint density at radius 2 is 1.90 bits per heavy atom. The van der Waals surface area contributed by atoms with Crippen LogP contribution in [0.4, 0.5) is 11.5 Å². The van der Waals surface area contributed by atoms with E-state index in [1.165, 1.54) is 0 Å². The Morgan fingerprint density at radius 3 is 2.60 bits per heavy atom. The van der Waals surface area contributed by atoms with Crippen LogP contribution in [0.25, 0.3) is 0 Å². The van der Waals surface area contributed by atoms with Crippen molar-refractivity contribution in [1.82, 2.24) is 14.9 Å². The van der Waals surface area contributed by atoms with Gasteiger partial charge in [0.25, 0.3) is 0 Å². The summed E-state index contributed by atoms with van der Waals surface area (Å²) in [7, 11) is 5.79. The molecule has 30 heavy (non-hydrogen) atoms. The van der Waals surface area contributed by atoms with Gasteiger partial charge in [-0.15, -0.1) is 0 Å². The van der Waals surface area contributed by atoms with Gasteiger partial charge in [0.15, 0.2) is 0 Å². The van der Waals surface area contributed by atoms with Crippen molar-refractivity contribution in [3.05, 3.63) is 46.9 Å². The third-order valence-corrected chi connectivity index (χ3v) is 6.20. The lowest BCUT2D eigenvalue weighted by atomic mass is 10.0. The highest BCUT2D eigenvalue weighted by molar-refractivity contribution is 5.94. The highest BCUT2D eigenvalue weighted by Gasteiger charge is 2.32. The van der Waals surface area contributed by atoms with Crippen LogP contribution < -0.4 is 9.80 Å². The number of anilines is 2. The van der Waals surface area contributed by atoms with Crippen LogP contribution in [0, 0.1) is 6.92 Å². The maximum absolute atomic E-state index is 12.8. The summed E-state index contributed by atoms with van der Waals surface area (Å²) >= 11 is 0. The normalized spacial score (nSPS) is 18.5. The number of aromatic nitrogens is 2. The van der Waals surface area contributed by atoms with E-state index in [9.17, 15) is 9.59 Å². The first-order valence-corrected chi connectivity index (χ1v) is 10.5. The predicted octanol–water partition coefficient (Wildman–Crippen LogP) is 2.32. The van der Waals surface area contributed by atoms with E-state index in [0.717, 1.165) is 40.6 Å². The Morgan fingerprint density at radius 1 is 1.17 bits per heavy atom. The molecule has 1 aromatic carbocycles. The molecular formula is C23H29N5O2. The van der Waals surface area contributed by atoms with Crippen LogP contribution in [-0.4, -0.2) is 60.9 Å². The second-order valence-electron chi connectivity index (χ2n) is 8.49. The number of likely N-dealkylation sites (tertiary alicyclic amines) is 1. The molecule has 1 fully saturated rings. The van der Waals surface area contributed by atoms with E-state index >= 15 is 0 Å². The Labute approximate surface area is 177 Å². The van der Waals surface area contributed by atoms with Gasteiger partial charge in [0.1, 0.15) is 11.6 Å². The smallest absolute Gasteiger partial charge is 0.228 e. The molecule has 7 heteroatoms. The molecule has 158 valence electrons. The van der Waals surface area contributed by atoms with E-state index in [2.05, 4.69) is 0 Å². The molecule has 7 nitrogen and oxygen atoms in total. The molecule has 0 bridgehead atoms. The van der Waals surface area contributed by atoms with Gasteiger partial charge in [0.05, 0.1) is 6.42 Å². The van der Waals surface area contributed by atoms with Crippen molar-refractivity contribution in [3.63, 3.8) is 0 Å². The van der Waals surface area contributed by atoms with E-state index < -0.39 is 0 Å². The number of hydrogen-bond acceptors (Lipinski definition) is 5. The van der Waals surface area contributed by atoms with E-state index in [-0.39, 0.29) is 17.7 Å². The van der Waals surface area contributed by atoms with Crippen molar-refractivity contribution in [1.29, 1.82) is 0 Å². The number of rotatable bonds is 4. The van der Waals surface area contributed by atoms with E-state index in [4.69, 9.17) is 9.97 Å². The molecule has 2 aromatic rings. The number of aryl methyl sites for hydroxylation is 1. The van der Waals surface area contributed by atoms with Gasteiger partial charge >= 0.3 is 0 Å². The zero-order valence-corrected chi connectivity index (χ0v) is 18.2. The molecule has 0 N–H and O–H groups in total. The van der Waals surface area contributed by atoms with Gasteiger partial charge in [-0.3, -0.25) is 14.5 Å². The average Bonchev–Trinajstić information content (AvgIpc) is 3.22. The quantitative estimate of drug-likeness (QED) is 0.778. The van der Waals surface area contributed by atoms with Crippen LogP contribution in [0.5, 0.6) is 0 Å². The van der Waals surface area contributed by atoms with Crippen molar-refractivity contribution in [2.24, 2.45) is 0 Å². The van der Waals surface area contributed by atoms with Crippen molar-refractivity contribution >= 4 is 23.3 Å². The Hall–Kier alpha value is -2.96. The fourth-order valence-electron chi connectivity index (χ4n) is 4.27. The third-order valence-electron chi connectivity index (χ3n) is 6.20. The largest absolute Gasteiger partial charge is 0.378 e. The summed E-state index contributed by atoms with van der Waals surface area (Å²) in [5, 5.41) is 0. The number of carbonyl (C=O) groups is 2. The molecule has 0 aliphatic carbocycles. The topological polar surface area (TPSA) is 69.6 Å². The molecule has 0 radical (unpaired) electrons. The second kappa shape index (κ2) is 8.05. The second-order valence-corrected chi connectivity index (χ2v) is 8.49. The van der Waals surface area contributed by atoms with Crippen molar-refractivity contribution in [2.75, 3.05) is 44.0 Å². The van der Waals surface area contributed by atoms with Crippen molar-refractivity contribution < 1.29 is 9.59 Å². The molecule has 2 amide bonds. The summed E-state index contributed by atoms with van der Waals surface area (Å²) < 4.78 is 0. The zero-order valence-electron chi connectivity index (χ0n) is 18.2. The van der Waals surface area contributed by atoms with Gasteiger partial charge in [0.2, 0.25) is 11.8 Å². The van der Waals surface area contributed by atoms with E-state index in [1.54, 1.807) is 11.9 Å². The fraction of sp³-hybridized carbons (Fsp3) is 0.478. The van der Waals surface area contributed by atoms with Crippen molar-refractivity contribution in [2.45, 2.75) is 38.5 Å². The zero-order chi connectivity index (χ0) is 21.4. The van der Waals surface area contributed by atoms with Crippen LogP contribution in [0.1, 0.15) is 41.4 Å². The molecule has 3 heterocycles. The number of amides is 2. The van der Waals surface area contributed by atoms with Crippen LogP contribution in [-0.2, 0) is 22.4 Å².